The minimum atomic E-state index is -0.536. The maximum atomic E-state index is 12.8. The summed E-state index contributed by atoms with van der Waals surface area (Å²) in [7, 11) is 1.37. The van der Waals surface area contributed by atoms with Gasteiger partial charge in [0, 0.05) is 0 Å². The molecule has 0 aliphatic carbocycles. The molecule has 0 aromatic rings. The Bertz CT molecular complexity index is 344. The second-order valence-electron chi connectivity index (χ2n) is 6.46. The van der Waals surface area contributed by atoms with Crippen molar-refractivity contribution in [2.75, 3.05) is 20.2 Å². The highest BCUT2D eigenvalue weighted by Gasteiger charge is 2.40. The first-order chi connectivity index (χ1) is 9.95. The molecule has 5 nitrogen and oxygen atoms in total. The Morgan fingerprint density at radius 1 is 1.29 bits per heavy atom. The van der Waals surface area contributed by atoms with Gasteiger partial charge in [0.2, 0.25) is 5.91 Å². The minimum Gasteiger partial charge on any atom is -0.467 e. The molecule has 1 rings (SSSR count). The third kappa shape index (κ3) is 4.99. The molecule has 1 aliphatic heterocycles. The fourth-order valence-corrected chi connectivity index (χ4v) is 3.11. The largest absolute Gasteiger partial charge is 0.467 e. The van der Waals surface area contributed by atoms with Gasteiger partial charge in [-0.3, -0.25) is 4.79 Å². The first kappa shape index (κ1) is 18.0. The third-order valence-corrected chi connectivity index (χ3v) is 4.27. The van der Waals surface area contributed by atoms with E-state index >= 15 is 0 Å². The fourth-order valence-electron chi connectivity index (χ4n) is 3.11. The van der Waals surface area contributed by atoms with Gasteiger partial charge in [0.05, 0.1) is 12.5 Å². The van der Waals surface area contributed by atoms with E-state index in [1.807, 2.05) is 13.8 Å². The highest BCUT2D eigenvalue weighted by atomic mass is 16.5. The lowest BCUT2D eigenvalue weighted by Gasteiger charge is -2.37. The van der Waals surface area contributed by atoms with Gasteiger partial charge in [-0.05, 0) is 44.7 Å². The zero-order valence-corrected chi connectivity index (χ0v) is 13.8. The molecule has 1 amide bonds. The number of amides is 1. The topological polar surface area (TPSA) is 67.4 Å². The van der Waals surface area contributed by atoms with Gasteiger partial charge < -0.3 is 15.4 Å². The summed E-state index contributed by atoms with van der Waals surface area (Å²) >= 11 is 0. The van der Waals surface area contributed by atoms with Crippen LogP contribution in [0.2, 0.25) is 0 Å². The Balaban J connectivity index is 2.79. The Morgan fingerprint density at radius 3 is 2.38 bits per heavy atom. The molecule has 1 saturated heterocycles. The SMILES string of the molecule is CCCC1(C(=O)N[C@@H](CC(C)C)C(=O)OC)CCNCC1. The standard InChI is InChI=1S/C16H30N2O3/c1-5-6-16(7-9-17-10-8-16)15(20)18-13(11-12(2)3)14(19)21-4/h12-13,17H,5-11H2,1-4H3,(H,18,20)/t13-/m0/s1. The molecule has 0 radical (unpaired) electrons. The predicted octanol–water partition coefficient (Wildman–Crippen LogP) is 1.86. The Labute approximate surface area is 128 Å². The Morgan fingerprint density at radius 2 is 1.90 bits per heavy atom. The van der Waals surface area contributed by atoms with Crippen molar-refractivity contribution >= 4 is 11.9 Å². The molecule has 0 spiro atoms. The highest BCUT2D eigenvalue weighted by Crippen LogP contribution is 2.34. The summed E-state index contributed by atoms with van der Waals surface area (Å²) in [6.07, 6.45) is 4.12. The smallest absolute Gasteiger partial charge is 0.328 e. The maximum absolute atomic E-state index is 12.8. The van der Waals surface area contributed by atoms with Crippen LogP contribution in [-0.4, -0.2) is 38.1 Å². The molecular formula is C16H30N2O3. The second kappa shape index (κ2) is 8.37. The number of carbonyl (C=O) groups excluding carboxylic acids is 2. The molecule has 122 valence electrons. The van der Waals surface area contributed by atoms with Crippen LogP contribution < -0.4 is 10.6 Å². The summed E-state index contributed by atoms with van der Waals surface area (Å²) in [5, 5.41) is 6.25. The molecule has 1 fully saturated rings. The molecule has 1 atom stereocenters. The molecule has 1 heterocycles. The summed E-state index contributed by atoms with van der Waals surface area (Å²) in [6.45, 7) is 7.90. The minimum absolute atomic E-state index is 0.0156. The van der Waals surface area contributed by atoms with E-state index in [4.69, 9.17) is 4.74 Å². The molecule has 5 heteroatoms. The zero-order chi connectivity index (χ0) is 15.9. The van der Waals surface area contributed by atoms with Crippen molar-refractivity contribution in [2.45, 2.75) is 58.9 Å². The molecular weight excluding hydrogens is 268 g/mol. The molecule has 21 heavy (non-hydrogen) atoms. The number of rotatable bonds is 7. The van der Waals surface area contributed by atoms with E-state index < -0.39 is 6.04 Å². The van der Waals surface area contributed by atoms with Gasteiger partial charge in [-0.15, -0.1) is 0 Å². The lowest BCUT2D eigenvalue weighted by Crippen LogP contribution is -2.52. The molecule has 0 bridgehead atoms. The van der Waals surface area contributed by atoms with Crippen LogP contribution >= 0.6 is 0 Å². The molecule has 0 aromatic heterocycles. The maximum Gasteiger partial charge on any atom is 0.328 e. The van der Waals surface area contributed by atoms with Gasteiger partial charge >= 0.3 is 5.97 Å². The van der Waals surface area contributed by atoms with E-state index in [0.717, 1.165) is 38.8 Å². The van der Waals surface area contributed by atoms with Crippen molar-refractivity contribution in [1.29, 1.82) is 0 Å². The number of nitrogens with one attached hydrogen (secondary N) is 2. The van der Waals surface area contributed by atoms with Crippen molar-refractivity contribution in [1.82, 2.24) is 10.6 Å². The van der Waals surface area contributed by atoms with Crippen LogP contribution in [0.3, 0.4) is 0 Å². The summed E-state index contributed by atoms with van der Waals surface area (Å²) in [6, 6.07) is -0.536. The van der Waals surface area contributed by atoms with Crippen molar-refractivity contribution in [2.24, 2.45) is 11.3 Å². The van der Waals surface area contributed by atoms with Crippen molar-refractivity contribution in [3.8, 4) is 0 Å². The van der Waals surface area contributed by atoms with Crippen LogP contribution in [0.25, 0.3) is 0 Å². The van der Waals surface area contributed by atoms with Crippen LogP contribution in [0.4, 0.5) is 0 Å². The quantitative estimate of drug-likeness (QED) is 0.704. The van der Waals surface area contributed by atoms with E-state index in [2.05, 4.69) is 17.6 Å². The van der Waals surface area contributed by atoms with Gasteiger partial charge in [0.25, 0.3) is 0 Å². The summed E-state index contributed by atoms with van der Waals surface area (Å²) in [5.74, 6) is -0.0101. The zero-order valence-electron chi connectivity index (χ0n) is 13.8. The molecule has 2 N–H and O–H groups in total. The van der Waals surface area contributed by atoms with E-state index in [1.165, 1.54) is 7.11 Å². The van der Waals surface area contributed by atoms with Gasteiger partial charge in [0.1, 0.15) is 6.04 Å². The number of piperidine rings is 1. The number of carbonyl (C=O) groups is 2. The van der Waals surface area contributed by atoms with Crippen LogP contribution in [0.1, 0.15) is 52.9 Å². The summed E-state index contributed by atoms with van der Waals surface area (Å²) in [4.78, 5) is 24.7. The predicted molar refractivity (Wildman–Crippen MR) is 82.8 cm³/mol. The molecule has 1 aliphatic rings. The number of esters is 1. The molecule has 0 aromatic carbocycles. The summed E-state index contributed by atoms with van der Waals surface area (Å²) < 4.78 is 4.83. The van der Waals surface area contributed by atoms with Gasteiger partial charge in [-0.1, -0.05) is 27.2 Å². The number of methoxy groups -OCH3 is 1. The van der Waals surface area contributed by atoms with E-state index in [1.54, 1.807) is 0 Å². The number of ether oxygens (including phenoxy) is 1. The molecule has 0 saturated carbocycles. The Hall–Kier alpha value is -1.10. The highest BCUT2D eigenvalue weighted by molar-refractivity contribution is 5.88. The first-order valence-corrected chi connectivity index (χ1v) is 8.04. The van der Waals surface area contributed by atoms with E-state index in [0.29, 0.717) is 12.3 Å². The van der Waals surface area contributed by atoms with Crippen LogP contribution in [0.5, 0.6) is 0 Å². The normalized spacial score (nSPS) is 19.1. The van der Waals surface area contributed by atoms with Gasteiger partial charge in [0.15, 0.2) is 0 Å². The van der Waals surface area contributed by atoms with Crippen molar-refractivity contribution in [3.05, 3.63) is 0 Å². The fraction of sp³-hybridized carbons (Fsp3) is 0.875. The van der Waals surface area contributed by atoms with Crippen LogP contribution in [-0.2, 0) is 14.3 Å². The second-order valence-corrected chi connectivity index (χ2v) is 6.46. The van der Waals surface area contributed by atoms with E-state index in [9.17, 15) is 9.59 Å². The lowest BCUT2D eigenvalue weighted by molar-refractivity contribution is -0.147. The van der Waals surface area contributed by atoms with Crippen molar-refractivity contribution in [3.63, 3.8) is 0 Å². The van der Waals surface area contributed by atoms with Gasteiger partial charge in [-0.2, -0.15) is 0 Å². The van der Waals surface area contributed by atoms with Crippen LogP contribution in [0.15, 0.2) is 0 Å². The third-order valence-electron chi connectivity index (χ3n) is 4.27. The average Bonchev–Trinajstić information content (AvgIpc) is 2.46. The van der Waals surface area contributed by atoms with Crippen molar-refractivity contribution < 1.29 is 14.3 Å². The number of hydrogen-bond donors (Lipinski definition) is 2. The lowest BCUT2D eigenvalue weighted by atomic mass is 9.74. The summed E-state index contributed by atoms with van der Waals surface area (Å²) in [5.41, 5.74) is -0.330. The number of hydrogen-bond acceptors (Lipinski definition) is 4. The van der Waals surface area contributed by atoms with Gasteiger partial charge in [-0.25, -0.2) is 4.79 Å². The monoisotopic (exact) mass is 298 g/mol. The Kier molecular flexibility index (Phi) is 7.15. The van der Waals surface area contributed by atoms with Crippen LogP contribution in [0, 0.1) is 11.3 Å². The first-order valence-electron chi connectivity index (χ1n) is 8.04. The molecule has 0 unspecified atom stereocenters. The average molecular weight is 298 g/mol. The van der Waals surface area contributed by atoms with E-state index in [-0.39, 0.29) is 17.3 Å².